The maximum atomic E-state index is 12.2. The molecule has 1 aliphatic rings. The highest BCUT2D eigenvalue weighted by Gasteiger charge is 2.24. The number of likely N-dealkylation sites (tertiary alicyclic amines) is 1. The second-order valence-corrected chi connectivity index (χ2v) is 6.81. The third-order valence-electron chi connectivity index (χ3n) is 4.83. The smallest absolute Gasteiger partial charge is 0.339 e. The summed E-state index contributed by atoms with van der Waals surface area (Å²) < 4.78 is 4.79. The van der Waals surface area contributed by atoms with E-state index in [1.165, 1.54) is 33.3 Å². The molecule has 1 fully saturated rings. The number of hydrogen-bond donors (Lipinski definition) is 2. The minimum Gasteiger partial charge on any atom is -0.465 e. The van der Waals surface area contributed by atoms with Crippen LogP contribution >= 0.6 is 0 Å². The molecule has 26 heavy (non-hydrogen) atoms. The molecule has 0 saturated carbocycles. The van der Waals surface area contributed by atoms with E-state index in [-0.39, 0.29) is 23.7 Å². The van der Waals surface area contributed by atoms with Crippen molar-refractivity contribution in [2.75, 3.05) is 33.3 Å². The predicted molar refractivity (Wildman–Crippen MR) is 98.5 cm³/mol. The summed E-state index contributed by atoms with van der Waals surface area (Å²) in [6.45, 7) is 6.98. The van der Waals surface area contributed by atoms with E-state index < -0.39 is 5.97 Å². The van der Waals surface area contributed by atoms with Crippen molar-refractivity contribution in [3.05, 3.63) is 22.5 Å². The Hall–Kier alpha value is -2.15. The van der Waals surface area contributed by atoms with Crippen molar-refractivity contribution < 1.29 is 19.1 Å². The number of esters is 1. The van der Waals surface area contributed by atoms with Gasteiger partial charge in [0.1, 0.15) is 0 Å². The van der Waals surface area contributed by atoms with Gasteiger partial charge in [-0.15, -0.1) is 0 Å². The molecule has 0 aliphatic carbocycles. The number of nitrogens with one attached hydrogen (secondary N) is 2. The molecule has 1 amide bonds. The summed E-state index contributed by atoms with van der Waals surface area (Å²) >= 11 is 0. The quantitative estimate of drug-likeness (QED) is 0.418. The lowest BCUT2D eigenvalue weighted by Crippen LogP contribution is -2.33. The molecular formula is C19H29N3O4. The molecule has 2 heterocycles. The monoisotopic (exact) mass is 363 g/mol. The number of rotatable bonds is 8. The number of nitrogens with zero attached hydrogens (tertiary/aromatic N) is 1. The number of ketones is 1. The molecule has 2 N–H and O–H groups in total. The van der Waals surface area contributed by atoms with Crippen LogP contribution < -0.4 is 5.32 Å². The first-order valence-electron chi connectivity index (χ1n) is 9.23. The van der Waals surface area contributed by atoms with E-state index >= 15 is 0 Å². The number of amides is 1. The van der Waals surface area contributed by atoms with E-state index in [0.717, 1.165) is 26.1 Å². The predicted octanol–water partition coefficient (Wildman–Crippen LogP) is 1.85. The molecule has 0 atom stereocenters. The number of hydrogen-bond acceptors (Lipinski definition) is 5. The van der Waals surface area contributed by atoms with Crippen LogP contribution in [0.4, 0.5) is 0 Å². The third kappa shape index (κ3) is 5.17. The van der Waals surface area contributed by atoms with Crippen LogP contribution in [0.3, 0.4) is 0 Å². The van der Waals surface area contributed by atoms with Gasteiger partial charge in [-0.1, -0.05) is 6.42 Å². The second-order valence-electron chi connectivity index (χ2n) is 6.81. The molecule has 1 aliphatic heterocycles. The van der Waals surface area contributed by atoms with Crippen LogP contribution in [0.5, 0.6) is 0 Å². The minimum atomic E-state index is -0.542. The Kier molecular flexibility index (Phi) is 7.38. The summed E-state index contributed by atoms with van der Waals surface area (Å²) in [6.07, 6.45) is 4.74. The Balaban J connectivity index is 1.90. The lowest BCUT2D eigenvalue weighted by molar-refractivity contribution is -0.120. The number of methoxy groups -OCH3 is 1. The molecule has 7 nitrogen and oxygen atoms in total. The van der Waals surface area contributed by atoms with Gasteiger partial charge >= 0.3 is 5.97 Å². The van der Waals surface area contributed by atoms with Gasteiger partial charge in [-0.05, 0) is 51.4 Å². The van der Waals surface area contributed by atoms with Crippen LogP contribution in [0, 0.1) is 6.92 Å². The molecule has 144 valence electrons. The largest absolute Gasteiger partial charge is 0.465 e. The fourth-order valence-corrected chi connectivity index (χ4v) is 3.46. The summed E-state index contributed by atoms with van der Waals surface area (Å²) in [5.74, 6) is -0.898. The Morgan fingerprint density at radius 3 is 2.50 bits per heavy atom. The van der Waals surface area contributed by atoms with E-state index in [1.54, 1.807) is 6.92 Å². The summed E-state index contributed by atoms with van der Waals surface area (Å²) in [5.41, 5.74) is 1.57. The number of Topliss-reactive ketones (excluding diaryl/α,β-unsaturated/α-hetero) is 1. The van der Waals surface area contributed by atoms with Gasteiger partial charge in [0.2, 0.25) is 5.91 Å². The molecule has 1 aromatic heterocycles. The Labute approximate surface area is 154 Å². The van der Waals surface area contributed by atoms with Gasteiger partial charge in [-0.2, -0.15) is 0 Å². The van der Waals surface area contributed by atoms with Crippen molar-refractivity contribution in [1.82, 2.24) is 15.2 Å². The van der Waals surface area contributed by atoms with Crippen LogP contribution in [0.2, 0.25) is 0 Å². The molecule has 1 aromatic rings. The van der Waals surface area contributed by atoms with Crippen molar-refractivity contribution in [1.29, 1.82) is 0 Å². The van der Waals surface area contributed by atoms with E-state index in [1.807, 2.05) is 0 Å². The average molecular weight is 363 g/mol. The number of aromatic amines is 1. The molecule has 2 rings (SSSR count). The Morgan fingerprint density at radius 1 is 1.19 bits per heavy atom. The summed E-state index contributed by atoms with van der Waals surface area (Å²) in [6, 6.07) is 0. The number of piperidine rings is 1. The summed E-state index contributed by atoms with van der Waals surface area (Å²) in [4.78, 5) is 41.3. The van der Waals surface area contributed by atoms with Gasteiger partial charge in [0.05, 0.1) is 24.8 Å². The zero-order chi connectivity index (χ0) is 19.1. The van der Waals surface area contributed by atoms with Gasteiger partial charge in [0.15, 0.2) is 5.78 Å². The highest BCUT2D eigenvalue weighted by molar-refractivity contribution is 6.01. The topological polar surface area (TPSA) is 91.5 Å². The minimum absolute atomic E-state index is 0.0161. The highest BCUT2D eigenvalue weighted by atomic mass is 16.5. The highest BCUT2D eigenvalue weighted by Crippen LogP contribution is 2.20. The van der Waals surface area contributed by atoms with Crippen molar-refractivity contribution in [2.45, 2.75) is 46.0 Å². The van der Waals surface area contributed by atoms with E-state index in [2.05, 4.69) is 15.2 Å². The van der Waals surface area contributed by atoms with E-state index in [9.17, 15) is 14.4 Å². The number of H-pyrrole nitrogens is 1. The Morgan fingerprint density at radius 2 is 1.88 bits per heavy atom. The SMILES string of the molecule is COC(=O)c1c(CC(=O)NCCCN2CCCCC2)[nH]c(C(C)=O)c1C. The van der Waals surface area contributed by atoms with Crippen molar-refractivity contribution in [3.63, 3.8) is 0 Å². The first-order chi connectivity index (χ1) is 12.4. The molecule has 0 unspecified atom stereocenters. The number of aromatic nitrogens is 1. The van der Waals surface area contributed by atoms with Crippen LogP contribution in [-0.2, 0) is 16.0 Å². The van der Waals surface area contributed by atoms with Gasteiger partial charge in [-0.3, -0.25) is 9.59 Å². The standard InChI is InChI=1S/C19H29N3O4/c1-13-17(19(25)26-3)15(21-18(13)14(2)23)12-16(24)20-8-7-11-22-9-5-4-6-10-22/h21H,4-12H2,1-3H3,(H,20,24). The molecule has 0 bridgehead atoms. The Bertz CT molecular complexity index is 660. The van der Waals surface area contributed by atoms with Gasteiger partial charge in [0, 0.05) is 19.2 Å². The van der Waals surface area contributed by atoms with Crippen LogP contribution in [0.15, 0.2) is 0 Å². The van der Waals surface area contributed by atoms with Crippen LogP contribution in [0.25, 0.3) is 0 Å². The first-order valence-corrected chi connectivity index (χ1v) is 9.23. The average Bonchev–Trinajstić information content (AvgIpc) is 2.95. The zero-order valence-corrected chi connectivity index (χ0v) is 15.9. The number of carbonyl (C=O) groups is 3. The zero-order valence-electron chi connectivity index (χ0n) is 15.9. The fraction of sp³-hybridized carbons (Fsp3) is 0.632. The normalized spacial score (nSPS) is 14.9. The second kappa shape index (κ2) is 9.52. The third-order valence-corrected chi connectivity index (χ3v) is 4.83. The van der Waals surface area contributed by atoms with Gasteiger partial charge < -0.3 is 19.9 Å². The lowest BCUT2D eigenvalue weighted by Gasteiger charge is -2.26. The van der Waals surface area contributed by atoms with Crippen molar-refractivity contribution in [3.8, 4) is 0 Å². The maximum absolute atomic E-state index is 12.2. The van der Waals surface area contributed by atoms with E-state index in [0.29, 0.717) is 23.5 Å². The lowest BCUT2D eigenvalue weighted by atomic mass is 10.1. The van der Waals surface area contributed by atoms with E-state index in [4.69, 9.17) is 4.74 Å². The van der Waals surface area contributed by atoms with Gasteiger partial charge in [0.25, 0.3) is 0 Å². The fourth-order valence-electron chi connectivity index (χ4n) is 3.46. The van der Waals surface area contributed by atoms with Crippen LogP contribution in [0.1, 0.15) is 64.7 Å². The maximum Gasteiger partial charge on any atom is 0.339 e. The van der Waals surface area contributed by atoms with Crippen LogP contribution in [-0.4, -0.2) is 60.8 Å². The van der Waals surface area contributed by atoms with Crippen molar-refractivity contribution in [2.24, 2.45) is 0 Å². The molecule has 7 heteroatoms. The number of carbonyl (C=O) groups excluding carboxylic acids is 3. The summed E-state index contributed by atoms with van der Waals surface area (Å²) in [5, 5.41) is 2.89. The molecule has 0 aromatic carbocycles. The molecule has 0 radical (unpaired) electrons. The molecule has 0 spiro atoms. The van der Waals surface area contributed by atoms with Crippen molar-refractivity contribution >= 4 is 17.7 Å². The summed E-state index contributed by atoms with van der Waals surface area (Å²) in [7, 11) is 1.28. The number of ether oxygens (including phenoxy) is 1. The molecular weight excluding hydrogens is 334 g/mol. The van der Waals surface area contributed by atoms with Gasteiger partial charge in [-0.25, -0.2) is 4.79 Å². The first kappa shape index (κ1) is 20.2. The molecule has 1 saturated heterocycles.